The molecule has 8 heteroatoms. The maximum absolute atomic E-state index is 12.0. The van der Waals surface area contributed by atoms with E-state index < -0.39 is 0 Å². The summed E-state index contributed by atoms with van der Waals surface area (Å²) in [4.78, 5) is 17.9. The fourth-order valence-corrected chi connectivity index (χ4v) is 3.71. The number of carbonyl (C=O) groups excluding carboxylic acids is 1. The Morgan fingerprint density at radius 1 is 1.25 bits per heavy atom. The van der Waals surface area contributed by atoms with Gasteiger partial charge in [0.1, 0.15) is 23.0 Å². The van der Waals surface area contributed by atoms with Gasteiger partial charge in [0.15, 0.2) is 0 Å². The van der Waals surface area contributed by atoms with E-state index in [0.29, 0.717) is 41.4 Å². The lowest BCUT2D eigenvalue weighted by molar-refractivity contribution is -0.125. The van der Waals surface area contributed by atoms with Crippen LogP contribution in [0.3, 0.4) is 0 Å². The molecule has 1 atom stereocenters. The minimum Gasteiger partial charge on any atom is -0.497 e. The highest BCUT2D eigenvalue weighted by atomic mass is 16.5. The Bertz CT molecular complexity index is 1110. The topological polar surface area (TPSA) is 95.0 Å². The SMILES string of the molecule is C=CN=C(N)c1c(C#Cc2cc(OC)cc(OC)c2)nn(C2CCN(C(=O)C=C)C2)c1C. The van der Waals surface area contributed by atoms with E-state index >= 15 is 0 Å². The van der Waals surface area contributed by atoms with Crippen molar-refractivity contribution in [3.8, 4) is 23.3 Å². The third-order valence-electron chi connectivity index (χ3n) is 5.31. The van der Waals surface area contributed by atoms with Crippen molar-refractivity contribution < 1.29 is 14.3 Å². The number of aromatic nitrogens is 2. The lowest BCUT2D eigenvalue weighted by Gasteiger charge is -2.15. The number of hydrogen-bond acceptors (Lipinski definition) is 5. The fraction of sp³-hybridized carbons (Fsp3) is 0.292. The summed E-state index contributed by atoms with van der Waals surface area (Å²) in [5, 5.41) is 4.74. The zero-order chi connectivity index (χ0) is 23.3. The number of hydrogen-bond donors (Lipinski definition) is 1. The normalized spacial score (nSPS) is 15.7. The fourth-order valence-electron chi connectivity index (χ4n) is 3.71. The first-order chi connectivity index (χ1) is 15.4. The Hall–Kier alpha value is -3.99. The maximum atomic E-state index is 12.0. The molecule has 1 aromatic carbocycles. The number of nitrogens with zero attached hydrogens (tertiary/aromatic N) is 4. The van der Waals surface area contributed by atoms with Crippen molar-refractivity contribution in [3.63, 3.8) is 0 Å². The van der Waals surface area contributed by atoms with Crippen LogP contribution in [-0.4, -0.2) is 53.7 Å². The van der Waals surface area contributed by atoms with Gasteiger partial charge in [0, 0.05) is 36.6 Å². The average molecular weight is 434 g/mol. The number of likely N-dealkylation sites (tertiary alicyclic amines) is 1. The van der Waals surface area contributed by atoms with Gasteiger partial charge < -0.3 is 20.1 Å². The second-order valence-corrected chi connectivity index (χ2v) is 7.23. The first-order valence-corrected chi connectivity index (χ1v) is 10.1. The Morgan fingerprint density at radius 2 is 1.94 bits per heavy atom. The number of methoxy groups -OCH3 is 2. The zero-order valence-electron chi connectivity index (χ0n) is 18.6. The number of ether oxygens (including phenoxy) is 2. The second-order valence-electron chi connectivity index (χ2n) is 7.23. The van der Waals surface area contributed by atoms with Crippen LogP contribution in [0.2, 0.25) is 0 Å². The number of benzene rings is 1. The van der Waals surface area contributed by atoms with Gasteiger partial charge in [0.25, 0.3) is 0 Å². The zero-order valence-corrected chi connectivity index (χ0v) is 18.6. The van der Waals surface area contributed by atoms with E-state index in [0.717, 1.165) is 12.1 Å². The van der Waals surface area contributed by atoms with Gasteiger partial charge in [-0.3, -0.25) is 9.48 Å². The van der Waals surface area contributed by atoms with Crippen LogP contribution in [-0.2, 0) is 4.79 Å². The quantitative estimate of drug-likeness (QED) is 0.327. The van der Waals surface area contributed by atoms with E-state index in [4.69, 9.17) is 20.3 Å². The molecule has 0 bridgehead atoms. The molecule has 1 aromatic heterocycles. The molecule has 8 nitrogen and oxygen atoms in total. The van der Waals surface area contributed by atoms with Crippen LogP contribution in [0.4, 0.5) is 0 Å². The summed E-state index contributed by atoms with van der Waals surface area (Å²) in [6.07, 6.45) is 3.49. The monoisotopic (exact) mass is 433 g/mol. The van der Waals surface area contributed by atoms with Crippen LogP contribution in [0.1, 0.15) is 35.0 Å². The summed E-state index contributed by atoms with van der Waals surface area (Å²) >= 11 is 0. The Kier molecular flexibility index (Phi) is 7.00. The molecule has 32 heavy (non-hydrogen) atoms. The number of aliphatic imine (C=N–C) groups is 1. The van der Waals surface area contributed by atoms with E-state index in [-0.39, 0.29) is 17.8 Å². The molecule has 1 aliphatic rings. The van der Waals surface area contributed by atoms with Crippen molar-refractivity contribution in [2.24, 2.45) is 10.7 Å². The molecule has 3 rings (SSSR count). The van der Waals surface area contributed by atoms with Crippen LogP contribution in [0, 0.1) is 18.8 Å². The number of amidine groups is 1. The van der Waals surface area contributed by atoms with Crippen molar-refractivity contribution in [1.29, 1.82) is 0 Å². The van der Waals surface area contributed by atoms with Crippen molar-refractivity contribution in [2.45, 2.75) is 19.4 Å². The predicted octanol–water partition coefficient (Wildman–Crippen LogP) is 2.42. The molecule has 2 N–H and O–H groups in total. The van der Waals surface area contributed by atoms with Gasteiger partial charge in [0.2, 0.25) is 5.91 Å². The minimum absolute atomic E-state index is 0.0154. The first-order valence-electron chi connectivity index (χ1n) is 10.1. The van der Waals surface area contributed by atoms with Crippen LogP contribution < -0.4 is 15.2 Å². The van der Waals surface area contributed by atoms with Gasteiger partial charge >= 0.3 is 0 Å². The largest absolute Gasteiger partial charge is 0.497 e. The molecule has 1 fully saturated rings. The summed E-state index contributed by atoms with van der Waals surface area (Å²) in [6, 6.07) is 5.42. The molecule has 0 aliphatic carbocycles. The van der Waals surface area contributed by atoms with Gasteiger partial charge in [-0.25, -0.2) is 4.99 Å². The Labute approximate surface area is 188 Å². The van der Waals surface area contributed by atoms with Gasteiger partial charge in [-0.05, 0) is 37.5 Å². The van der Waals surface area contributed by atoms with E-state index in [2.05, 4.69) is 30.0 Å². The lowest BCUT2D eigenvalue weighted by Crippen LogP contribution is -2.27. The van der Waals surface area contributed by atoms with Crippen molar-refractivity contribution >= 4 is 11.7 Å². The van der Waals surface area contributed by atoms with Gasteiger partial charge in [-0.1, -0.05) is 19.1 Å². The second kappa shape index (κ2) is 9.88. The van der Waals surface area contributed by atoms with Crippen molar-refractivity contribution in [2.75, 3.05) is 27.3 Å². The van der Waals surface area contributed by atoms with Crippen LogP contribution in [0.15, 0.2) is 48.6 Å². The Morgan fingerprint density at radius 3 is 2.53 bits per heavy atom. The summed E-state index contributed by atoms with van der Waals surface area (Å²) in [5.41, 5.74) is 8.91. The molecule has 1 amide bonds. The molecular formula is C24H27N5O3. The molecule has 0 saturated carbocycles. The smallest absolute Gasteiger partial charge is 0.246 e. The standard InChI is InChI=1S/C24H27N5O3/c1-6-22(30)28-11-10-18(15-28)29-16(3)23(24(25)26-7-2)21(27-29)9-8-17-12-19(31-4)14-20(13-17)32-5/h6-7,12-14,18H,1-2,10-11,15H2,3-5H3,(H2,25,26). The Balaban J connectivity index is 2.03. The molecule has 1 saturated heterocycles. The highest BCUT2D eigenvalue weighted by molar-refractivity contribution is 6.00. The van der Waals surface area contributed by atoms with Gasteiger partial charge in [0.05, 0.1) is 25.8 Å². The molecule has 1 unspecified atom stereocenters. The first kappa shape index (κ1) is 22.7. The summed E-state index contributed by atoms with van der Waals surface area (Å²) in [5.74, 6) is 7.71. The maximum Gasteiger partial charge on any atom is 0.246 e. The van der Waals surface area contributed by atoms with E-state index in [1.807, 2.05) is 23.7 Å². The third kappa shape index (κ3) is 4.67. The summed E-state index contributed by atoms with van der Waals surface area (Å²) in [7, 11) is 3.17. The number of carbonyl (C=O) groups is 1. The molecule has 2 heterocycles. The van der Waals surface area contributed by atoms with Gasteiger partial charge in [-0.15, -0.1) is 0 Å². The van der Waals surface area contributed by atoms with E-state index in [1.165, 1.54) is 12.3 Å². The molecule has 0 radical (unpaired) electrons. The van der Waals surface area contributed by atoms with Crippen molar-refractivity contribution in [3.05, 3.63) is 66.1 Å². The van der Waals surface area contributed by atoms with E-state index in [9.17, 15) is 4.79 Å². The summed E-state index contributed by atoms with van der Waals surface area (Å²) < 4.78 is 12.5. The van der Waals surface area contributed by atoms with Gasteiger partial charge in [-0.2, -0.15) is 5.10 Å². The summed E-state index contributed by atoms with van der Waals surface area (Å²) in [6.45, 7) is 10.3. The number of rotatable bonds is 6. The highest BCUT2D eigenvalue weighted by Crippen LogP contribution is 2.26. The average Bonchev–Trinajstić information content (AvgIpc) is 3.41. The molecule has 1 aliphatic heterocycles. The third-order valence-corrected chi connectivity index (χ3v) is 5.31. The minimum atomic E-state index is -0.0859. The predicted molar refractivity (Wildman–Crippen MR) is 124 cm³/mol. The van der Waals surface area contributed by atoms with Crippen LogP contribution >= 0.6 is 0 Å². The molecule has 0 spiro atoms. The van der Waals surface area contributed by atoms with E-state index in [1.54, 1.807) is 25.2 Å². The molecular weight excluding hydrogens is 406 g/mol. The van der Waals surface area contributed by atoms with Crippen LogP contribution in [0.5, 0.6) is 11.5 Å². The van der Waals surface area contributed by atoms with Crippen molar-refractivity contribution in [1.82, 2.24) is 14.7 Å². The molecule has 2 aromatic rings. The molecule has 166 valence electrons. The highest BCUT2D eigenvalue weighted by Gasteiger charge is 2.29. The number of amides is 1. The number of nitrogens with two attached hydrogens (primary N) is 1. The van der Waals surface area contributed by atoms with Crippen LogP contribution in [0.25, 0.3) is 0 Å². The lowest BCUT2D eigenvalue weighted by atomic mass is 10.1.